The van der Waals surface area contributed by atoms with Gasteiger partial charge in [0.2, 0.25) is 0 Å². The van der Waals surface area contributed by atoms with E-state index in [1.54, 1.807) is 30.7 Å². The average Bonchev–Trinajstić information content (AvgIpc) is 2.74. The van der Waals surface area contributed by atoms with E-state index in [0.29, 0.717) is 22.7 Å². The Morgan fingerprint density at radius 2 is 1.36 bits per heavy atom. The van der Waals surface area contributed by atoms with Gasteiger partial charge in [0.05, 0.1) is 19.0 Å². The number of aliphatic imine (C=N–C) groups is 1. The van der Waals surface area contributed by atoms with Crippen LogP contribution in [0.2, 0.25) is 0 Å². The van der Waals surface area contributed by atoms with Crippen molar-refractivity contribution in [2.24, 2.45) is 4.99 Å². The van der Waals surface area contributed by atoms with Crippen molar-refractivity contribution >= 4 is 11.9 Å². The molecule has 0 N–H and O–H groups in total. The minimum absolute atomic E-state index is 0. The Labute approximate surface area is 225 Å². The summed E-state index contributed by atoms with van der Waals surface area (Å²) in [5.41, 5.74) is 4.82. The molecule has 0 radical (unpaired) electrons. The molecule has 0 saturated heterocycles. The minimum atomic E-state index is -0.438. The molecular formula is C29H37N3NiO3. The van der Waals surface area contributed by atoms with Gasteiger partial charge < -0.3 is 14.9 Å². The van der Waals surface area contributed by atoms with Gasteiger partial charge in [-0.1, -0.05) is 59.2 Å². The van der Waals surface area contributed by atoms with Crippen LogP contribution >= 0.6 is 0 Å². The van der Waals surface area contributed by atoms with E-state index in [1.807, 2.05) is 41.5 Å². The second-order valence-corrected chi connectivity index (χ2v) is 10.8. The van der Waals surface area contributed by atoms with E-state index in [-0.39, 0.29) is 21.9 Å². The minimum Gasteiger partial charge on any atom is -0.873 e. The number of aromatic nitrogens is 2. The van der Waals surface area contributed by atoms with E-state index >= 15 is 0 Å². The van der Waals surface area contributed by atoms with Crippen molar-refractivity contribution in [2.45, 2.75) is 73.1 Å². The molecule has 0 saturated carbocycles. The molecule has 196 valence electrons. The number of methoxy groups -OCH3 is 1. The van der Waals surface area contributed by atoms with Gasteiger partial charge in [-0.25, -0.2) is 9.97 Å². The standard InChI is InChI=1S/C15H24O3.C14H15N3.Ni/c1-14(2,3)9-8-10(18-7)11(15(4,5)6)13(17)12(9)16;1-10-7-11(2)14(12(3)8-10)17-9-13-15-5-4-6-16-13;/h8,16-17H,1-7H3;4-9H,1-3H3;/q;;+2/p-2. The molecule has 0 aliphatic rings. The van der Waals surface area contributed by atoms with Crippen LogP contribution in [-0.4, -0.2) is 23.3 Å². The average molecular weight is 534 g/mol. The third-order valence-corrected chi connectivity index (χ3v) is 5.51. The number of hydrogen-bond donors (Lipinski definition) is 0. The fourth-order valence-electron chi connectivity index (χ4n) is 3.92. The molecule has 1 heterocycles. The Balaban J connectivity index is 0.000000351. The molecule has 0 fully saturated rings. The van der Waals surface area contributed by atoms with Gasteiger partial charge in [-0.2, -0.15) is 0 Å². The van der Waals surface area contributed by atoms with Crippen molar-refractivity contribution in [2.75, 3.05) is 7.11 Å². The number of aryl methyl sites for hydroxylation is 3. The van der Waals surface area contributed by atoms with Crippen LogP contribution in [0.25, 0.3) is 0 Å². The van der Waals surface area contributed by atoms with Crippen molar-refractivity contribution in [3.63, 3.8) is 0 Å². The second-order valence-electron chi connectivity index (χ2n) is 10.8. The van der Waals surface area contributed by atoms with Gasteiger partial charge >= 0.3 is 16.5 Å². The molecule has 3 aromatic rings. The van der Waals surface area contributed by atoms with E-state index in [9.17, 15) is 10.2 Å². The third-order valence-electron chi connectivity index (χ3n) is 5.51. The number of ether oxygens (including phenoxy) is 1. The Kier molecular flexibility index (Phi) is 10.7. The van der Waals surface area contributed by atoms with Gasteiger partial charge in [-0.15, -0.1) is 11.5 Å². The largest absolute Gasteiger partial charge is 2.00 e. The van der Waals surface area contributed by atoms with Crippen LogP contribution in [0, 0.1) is 20.8 Å². The zero-order chi connectivity index (χ0) is 26.6. The predicted molar refractivity (Wildman–Crippen MR) is 139 cm³/mol. The van der Waals surface area contributed by atoms with Crippen LogP contribution in [0.4, 0.5) is 5.69 Å². The molecule has 1 aromatic heterocycles. The summed E-state index contributed by atoms with van der Waals surface area (Å²) >= 11 is 0. The Morgan fingerprint density at radius 1 is 0.833 bits per heavy atom. The Morgan fingerprint density at radius 3 is 1.81 bits per heavy atom. The molecule has 0 amide bonds. The van der Waals surface area contributed by atoms with Gasteiger partial charge in [0, 0.05) is 12.4 Å². The summed E-state index contributed by atoms with van der Waals surface area (Å²) in [6.07, 6.45) is 5.12. The van der Waals surface area contributed by atoms with E-state index < -0.39 is 16.9 Å². The molecule has 0 bridgehead atoms. The molecule has 6 nitrogen and oxygen atoms in total. The number of benzene rings is 2. The van der Waals surface area contributed by atoms with Crippen LogP contribution in [0.5, 0.6) is 17.2 Å². The maximum absolute atomic E-state index is 12.3. The zero-order valence-electron chi connectivity index (χ0n) is 22.9. The van der Waals surface area contributed by atoms with Crippen LogP contribution < -0.4 is 14.9 Å². The summed E-state index contributed by atoms with van der Waals surface area (Å²) in [5.74, 6) is 0.295. The zero-order valence-corrected chi connectivity index (χ0v) is 23.9. The first kappa shape index (κ1) is 31.1. The third kappa shape index (κ3) is 7.79. The van der Waals surface area contributed by atoms with Crippen LogP contribution in [-0.2, 0) is 27.3 Å². The van der Waals surface area contributed by atoms with Crippen LogP contribution in [0.1, 0.15) is 75.2 Å². The molecule has 0 aliphatic heterocycles. The summed E-state index contributed by atoms with van der Waals surface area (Å²) in [6.45, 7) is 17.7. The van der Waals surface area contributed by atoms with Crippen LogP contribution in [0.15, 0.2) is 41.7 Å². The van der Waals surface area contributed by atoms with E-state index in [1.165, 1.54) is 23.8 Å². The summed E-state index contributed by atoms with van der Waals surface area (Å²) in [6, 6.07) is 7.76. The second kappa shape index (κ2) is 12.4. The van der Waals surface area contributed by atoms with Crippen molar-refractivity contribution in [3.05, 3.63) is 70.3 Å². The summed E-state index contributed by atoms with van der Waals surface area (Å²) in [5, 5.41) is 24.5. The fourth-order valence-corrected chi connectivity index (χ4v) is 3.92. The van der Waals surface area contributed by atoms with E-state index in [2.05, 4.69) is 47.9 Å². The monoisotopic (exact) mass is 533 g/mol. The first-order chi connectivity index (χ1) is 16.2. The molecule has 0 spiro atoms. The van der Waals surface area contributed by atoms with Crippen molar-refractivity contribution in [3.8, 4) is 17.2 Å². The SMILES string of the molecule is COc1cc(C(C)(C)C)c([O-])c([O-])c1C(C)(C)C.Cc1cc(C)c(N=Cc2ncccn2)c(C)c1.[Ni+2]. The molecule has 7 heteroatoms. The van der Waals surface area contributed by atoms with Crippen molar-refractivity contribution in [1.29, 1.82) is 0 Å². The quantitative estimate of drug-likeness (QED) is 0.323. The van der Waals surface area contributed by atoms with Crippen molar-refractivity contribution < 1.29 is 31.4 Å². The van der Waals surface area contributed by atoms with E-state index in [4.69, 9.17) is 4.74 Å². The number of hydrogen-bond acceptors (Lipinski definition) is 6. The van der Waals surface area contributed by atoms with Gasteiger partial charge in [0.1, 0.15) is 5.75 Å². The van der Waals surface area contributed by atoms with Crippen LogP contribution in [0.3, 0.4) is 0 Å². The first-order valence-corrected chi connectivity index (χ1v) is 11.7. The molecular weight excluding hydrogens is 497 g/mol. The molecule has 3 rings (SSSR count). The molecule has 36 heavy (non-hydrogen) atoms. The summed E-state index contributed by atoms with van der Waals surface area (Å²) in [7, 11) is 1.53. The normalized spacial score (nSPS) is 11.5. The maximum Gasteiger partial charge on any atom is 2.00 e. The van der Waals surface area contributed by atoms with Crippen molar-refractivity contribution in [1.82, 2.24) is 9.97 Å². The summed E-state index contributed by atoms with van der Waals surface area (Å²) in [4.78, 5) is 12.7. The number of rotatable bonds is 3. The molecule has 0 atom stereocenters. The maximum atomic E-state index is 12.3. The first-order valence-electron chi connectivity index (χ1n) is 11.7. The topological polar surface area (TPSA) is 93.5 Å². The van der Waals surface area contributed by atoms with Gasteiger partial charge in [0.15, 0.2) is 5.82 Å². The number of nitrogens with zero attached hydrogens (tertiary/aromatic N) is 3. The molecule has 2 aromatic carbocycles. The van der Waals surface area contributed by atoms with Gasteiger partial charge in [-0.3, -0.25) is 4.99 Å². The smallest absolute Gasteiger partial charge is 0.873 e. The predicted octanol–water partition coefficient (Wildman–Crippen LogP) is 5.59. The molecule has 0 unspecified atom stereocenters. The Hall–Kier alpha value is -2.92. The Bertz CT molecular complexity index is 1170. The molecule has 0 aliphatic carbocycles. The van der Waals surface area contributed by atoms with E-state index in [0.717, 1.165) is 5.69 Å². The summed E-state index contributed by atoms with van der Waals surface area (Å²) < 4.78 is 5.30. The van der Waals surface area contributed by atoms with Gasteiger partial charge in [-0.05, 0) is 66.0 Å². The fraction of sp³-hybridized carbons (Fsp3) is 0.414. The van der Waals surface area contributed by atoms with Gasteiger partial charge in [0.25, 0.3) is 0 Å².